The second-order valence-electron chi connectivity index (χ2n) is 6.96. The highest BCUT2D eigenvalue weighted by Gasteiger charge is 2.24. The van der Waals surface area contributed by atoms with E-state index in [1.807, 2.05) is 17.0 Å². The molecule has 0 bridgehead atoms. The van der Waals surface area contributed by atoms with E-state index < -0.39 is 0 Å². The van der Waals surface area contributed by atoms with Gasteiger partial charge in [0.1, 0.15) is 6.10 Å². The van der Waals surface area contributed by atoms with Gasteiger partial charge in [0.05, 0.1) is 12.8 Å². The van der Waals surface area contributed by atoms with E-state index in [-0.39, 0.29) is 12.1 Å². The molecule has 4 rings (SSSR count). The normalized spacial score (nSPS) is 20.4. The Bertz CT molecular complexity index is 757. The fourth-order valence-corrected chi connectivity index (χ4v) is 3.56. The molecule has 2 aromatic rings. The quantitative estimate of drug-likeness (QED) is 0.898. The van der Waals surface area contributed by atoms with Crippen LogP contribution >= 0.6 is 0 Å². The minimum absolute atomic E-state index is 0.0622. The van der Waals surface area contributed by atoms with Crippen molar-refractivity contribution in [3.63, 3.8) is 0 Å². The molecule has 0 aliphatic carbocycles. The Labute approximate surface area is 158 Å². The molecule has 2 amide bonds. The highest BCUT2D eigenvalue weighted by molar-refractivity contribution is 5.89. The van der Waals surface area contributed by atoms with Crippen LogP contribution in [-0.2, 0) is 4.74 Å². The lowest BCUT2D eigenvalue weighted by atomic mass is 9.98. The Morgan fingerprint density at radius 2 is 2.11 bits per heavy atom. The van der Waals surface area contributed by atoms with Crippen molar-refractivity contribution >= 4 is 11.7 Å². The van der Waals surface area contributed by atoms with E-state index in [4.69, 9.17) is 9.47 Å². The smallest absolute Gasteiger partial charge is 0.321 e. The SMILES string of the molecule is O=C(Nc1cccc(C2CCOC2)c1)N1CCC(Oc2cnccn2)CC1. The first kappa shape index (κ1) is 17.7. The third-order valence-electron chi connectivity index (χ3n) is 5.10. The molecule has 7 heteroatoms. The number of nitrogens with one attached hydrogen (secondary N) is 1. The van der Waals surface area contributed by atoms with Crippen molar-refractivity contribution in [2.75, 3.05) is 31.6 Å². The summed E-state index contributed by atoms with van der Waals surface area (Å²) in [7, 11) is 0. The molecule has 0 saturated carbocycles. The summed E-state index contributed by atoms with van der Waals surface area (Å²) in [6, 6.07) is 8.02. The molecule has 1 N–H and O–H groups in total. The Balaban J connectivity index is 1.29. The molecule has 27 heavy (non-hydrogen) atoms. The molecule has 0 spiro atoms. The summed E-state index contributed by atoms with van der Waals surface area (Å²) in [4.78, 5) is 22.6. The Morgan fingerprint density at radius 1 is 1.22 bits per heavy atom. The number of nitrogens with zero attached hydrogens (tertiary/aromatic N) is 3. The third-order valence-corrected chi connectivity index (χ3v) is 5.10. The molecule has 142 valence electrons. The van der Waals surface area contributed by atoms with Gasteiger partial charge in [0.15, 0.2) is 0 Å². The molecule has 0 radical (unpaired) electrons. The van der Waals surface area contributed by atoms with Gasteiger partial charge < -0.3 is 19.7 Å². The second-order valence-corrected chi connectivity index (χ2v) is 6.96. The summed E-state index contributed by atoms with van der Waals surface area (Å²) in [5.74, 6) is 0.962. The van der Waals surface area contributed by atoms with Gasteiger partial charge in [-0.05, 0) is 24.1 Å². The van der Waals surface area contributed by atoms with Crippen molar-refractivity contribution in [1.29, 1.82) is 0 Å². The molecule has 1 aromatic carbocycles. The molecule has 1 aromatic heterocycles. The zero-order valence-corrected chi connectivity index (χ0v) is 15.2. The highest BCUT2D eigenvalue weighted by Crippen LogP contribution is 2.27. The van der Waals surface area contributed by atoms with Crippen LogP contribution < -0.4 is 10.1 Å². The van der Waals surface area contributed by atoms with Crippen molar-refractivity contribution in [3.05, 3.63) is 48.4 Å². The van der Waals surface area contributed by atoms with Crippen LogP contribution in [0.4, 0.5) is 10.5 Å². The summed E-state index contributed by atoms with van der Waals surface area (Å²) in [5.41, 5.74) is 2.06. The average molecular weight is 368 g/mol. The molecule has 1 unspecified atom stereocenters. The van der Waals surface area contributed by atoms with E-state index in [1.54, 1.807) is 18.6 Å². The van der Waals surface area contributed by atoms with E-state index in [9.17, 15) is 4.79 Å². The number of rotatable bonds is 4. The highest BCUT2D eigenvalue weighted by atomic mass is 16.5. The Hall–Kier alpha value is -2.67. The fraction of sp³-hybridized carbons (Fsp3) is 0.450. The minimum atomic E-state index is -0.0622. The van der Waals surface area contributed by atoms with Crippen molar-refractivity contribution in [2.45, 2.75) is 31.3 Å². The van der Waals surface area contributed by atoms with Gasteiger partial charge in [-0.15, -0.1) is 0 Å². The predicted octanol–water partition coefficient (Wildman–Crippen LogP) is 3.06. The van der Waals surface area contributed by atoms with Gasteiger partial charge in [0.2, 0.25) is 5.88 Å². The van der Waals surface area contributed by atoms with Gasteiger partial charge in [-0.1, -0.05) is 12.1 Å². The van der Waals surface area contributed by atoms with Crippen molar-refractivity contribution in [1.82, 2.24) is 14.9 Å². The number of carbonyl (C=O) groups excluding carboxylic acids is 1. The summed E-state index contributed by atoms with van der Waals surface area (Å²) in [6.45, 7) is 2.89. The summed E-state index contributed by atoms with van der Waals surface area (Å²) >= 11 is 0. The van der Waals surface area contributed by atoms with Crippen molar-refractivity contribution in [2.24, 2.45) is 0 Å². The van der Waals surface area contributed by atoms with E-state index in [0.717, 1.165) is 38.2 Å². The summed E-state index contributed by atoms with van der Waals surface area (Å²) in [6.07, 6.45) is 7.51. The Morgan fingerprint density at radius 3 is 2.85 bits per heavy atom. The van der Waals surface area contributed by atoms with Crippen LogP contribution in [0.5, 0.6) is 5.88 Å². The molecular formula is C20H24N4O3. The number of aromatic nitrogens is 2. The number of urea groups is 1. The monoisotopic (exact) mass is 368 g/mol. The second kappa shape index (κ2) is 8.35. The van der Waals surface area contributed by atoms with E-state index >= 15 is 0 Å². The number of likely N-dealkylation sites (tertiary alicyclic amines) is 1. The van der Waals surface area contributed by atoms with Gasteiger partial charge in [-0.25, -0.2) is 9.78 Å². The lowest BCUT2D eigenvalue weighted by molar-refractivity contribution is 0.111. The standard InChI is InChI=1S/C20H24N4O3/c25-20(23-17-3-1-2-15(12-17)16-6-11-26-14-16)24-9-4-18(5-10-24)27-19-13-21-7-8-22-19/h1-3,7-8,12-13,16,18H,4-6,9-11,14H2,(H,23,25). The first-order valence-electron chi connectivity index (χ1n) is 9.44. The number of ether oxygens (including phenoxy) is 2. The van der Waals surface area contributed by atoms with Crippen LogP contribution in [0.2, 0.25) is 0 Å². The lowest BCUT2D eigenvalue weighted by Gasteiger charge is -2.31. The third kappa shape index (κ3) is 4.54. The molecular weight excluding hydrogens is 344 g/mol. The van der Waals surface area contributed by atoms with Crippen LogP contribution in [-0.4, -0.2) is 53.3 Å². The van der Waals surface area contributed by atoms with Gasteiger partial charge in [-0.3, -0.25) is 4.98 Å². The van der Waals surface area contributed by atoms with Crippen LogP contribution in [0.3, 0.4) is 0 Å². The van der Waals surface area contributed by atoms with Crippen LogP contribution in [0.25, 0.3) is 0 Å². The maximum Gasteiger partial charge on any atom is 0.321 e. The first-order chi connectivity index (χ1) is 13.3. The summed E-state index contributed by atoms with van der Waals surface area (Å²) in [5, 5.41) is 3.02. The van der Waals surface area contributed by atoms with Crippen molar-refractivity contribution < 1.29 is 14.3 Å². The number of piperidine rings is 1. The van der Waals surface area contributed by atoms with E-state index in [0.29, 0.717) is 24.9 Å². The van der Waals surface area contributed by atoms with E-state index in [1.165, 1.54) is 5.56 Å². The van der Waals surface area contributed by atoms with Gasteiger partial charge in [-0.2, -0.15) is 0 Å². The maximum atomic E-state index is 12.6. The van der Waals surface area contributed by atoms with Gasteiger partial charge >= 0.3 is 6.03 Å². The first-order valence-corrected chi connectivity index (χ1v) is 9.44. The number of anilines is 1. The molecule has 7 nitrogen and oxygen atoms in total. The van der Waals surface area contributed by atoms with Crippen LogP contribution in [0.1, 0.15) is 30.7 Å². The average Bonchev–Trinajstić information content (AvgIpc) is 3.24. The predicted molar refractivity (Wildman–Crippen MR) is 101 cm³/mol. The number of carbonyl (C=O) groups is 1. The fourth-order valence-electron chi connectivity index (χ4n) is 3.56. The zero-order chi connectivity index (χ0) is 18.5. The molecule has 2 aliphatic rings. The zero-order valence-electron chi connectivity index (χ0n) is 15.2. The lowest BCUT2D eigenvalue weighted by Crippen LogP contribution is -2.43. The molecule has 3 heterocycles. The van der Waals surface area contributed by atoms with Gasteiger partial charge in [0, 0.05) is 56.5 Å². The molecule has 2 fully saturated rings. The Kier molecular flexibility index (Phi) is 5.48. The van der Waals surface area contributed by atoms with E-state index in [2.05, 4.69) is 27.4 Å². The topological polar surface area (TPSA) is 76.6 Å². The van der Waals surface area contributed by atoms with Crippen LogP contribution in [0, 0.1) is 0 Å². The number of hydrogen-bond acceptors (Lipinski definition) is 5. The number of benzene rings is 1. The van der Waals surface area contributed by atoms with Crippen LogP contribution in [0.15, 0.2) is 42.9 Å². The minimum Gasteiger partial charge on any atom is -0.473 e. The molecule has 2 aliphatic heterocycles. The van der Waals surface area contributed by atoms with Gasteiger partial charge in [0.25, 0.3) is 0 Å². The van der Waals surface area contributed by atoms with Crippen molar-refractivity contribution in [3.8, 4) is 5.88 Å². The largest absolute Gasteiger partial charge is 0.473 e. The molecule has 1 atom stereocenters. The maximum absolute atomic E-state index is 12.6. The molecule has 2 saturated heterocycles. The number of hydrogen-bond donors (Lipinski definition) is 1. The summed E-state index contributed by atoms with van der Waals surface area (Å²) < 4.78 is 11.3. The number of amides is 2.